The second-order valence-electron chi connectivity index (χ2n) is 3.94. The fraction of sp³-hybridized carbons (Fsp3) is 0.667. The summed E-state index contributed by atoms with van der Waals surface area (Å²) in [6.07, 6.45) is -0.195. The molecule has 3 nitrogen and oxygen atoms in total. The van der Waals surface area contributed by atoms with Gasteiger partial charge in [-0.1, -0.05) is 0 Å². The summed E-state index contributed by atoms with van der Waals surface area (Å²) in [7, 11) is 2.08. The van der Waals surface area contributed by atoms with Gasteiger partial charge < -0.3 is 14.4 Å². The van der Waals surface area contributed by atoms with E-state index in [4.69, 9.17) is 9.47 Å². The van der Waals surface area contributed by atoms with E-state index in [-0.39, 0.29) is 6.29 Å². The molecule has 0 saturated carbocycles. The summed E-state index contributed by atoms with van der Waals surface area (Å²) in [4.78, 5) is 2.21. The van der Waals surface area contributed by atoms with Gasteiger partial charge in [0.25, 0.3) is 0 Å². The Morgan fingerprint density at radius 2 is 2.06 bits per heavy atom. The Morgan fingerprint density at radius 3 is 2.62 bits per heavy atom. The highest BCUT2D eigenvalue weighted by molar-refractivity contribution is 7.14. The Labute approximate surface area is 102 Å². The van der Waals surface area contributed by atoms with Crippen molar-refractivity contribution in [2.24, 2.45) is 0 Å². The third-order valence-corrected chi connectivity index (χ3v) is 3.38. The van der Waals surface area contributed by atoms with Crippen molar-refractivity contribution < 1.29 is 9.47 Å². The summed E-state index contributed by atoms with van der Waals surface area (Å²) in [6.45, 7) is 8.88. The largest absolute Gasteiger partial charge is 0.462 e. The highest BCUT2D eigenvalue weighted by Crippen LogP contribution is 2.35. The molecule has 0 aromatic carbocycles. The van der Waals surface area contributed by atoms with Gasteiger partial charge in [0.15, 0.2) is 12.0 Å². The van der Waals surface area contributed by atoms with Crippen LogP contribution >= 0.6 is 11.3 Å². The lowest BCUT2D eigenvalue weighted by Crippen LogP contribution is -2.26. The van der Waals surface area contributed by atoms with Gasteiger partial charge in [0.2, 0.25) is 0 Å². The molecule has 1 unspecified atom stereocenters. The average molecular weight is 243 g/mol. The molecule has 1 aromatic heterocycles. The van der Waals surface area contributed by atoms with Crippen molar-refractivity contribution in [1.29, 1.82) is 0 Å². The fourth-order valence-electron chi connectivity index (χ4n) is 1.32. The van der Waals surface area contributed by atoms with Crippen molar-refractivity contribution in [3.63, 3.8) is 0 Å². The molecule has 92 valence electrons. The molecule has 0 radical (unpaired) electrons. The number of anilines is 1. The number of hydrogen-bond donors (Lipinski definition) is 0. The molecular formula is C12H21NO2S. The quantitative estimate of drug-likeness (QED) is 0.715. The van der Waals surface area contributed by atoms with Crippen LogP contribution in [0, 0.1) is 0 Å². The third-order valence-electron chi connectivity index (χ3n) is 2.40. The van der Waals surface area contributed by atoms with E-state index in [2.05, 4.69) is 25.8 Å². The maximum atomic E-state index is 5.74. The van der Waals surface area contributed by atoms with E-state index in [1.807, 2.05) is 25.3 Å². The third kappa shape index (κ3) is 3.39. The van der Waals surface area contributed by atoms with Crippen molar-refractivity contribution in [3.8, 4) is 5.75 Å². The van der Waals surface area contributed by atoms with Gasteiger partial charge in [0, 0.05) is 19.7 Å². The first-order valence-corrected chi connectivity index (χ1v) is 6.52. The minimum Gasteiger partial charge on any atom is -0.462 e. The molecule has 0 fully saturated rings. The molecule has 0 saturated heterocycles. The van der Waals surface area contributed by atoms with Gasteiger partial charge in [-0.05, 0) is 39.1 Å². The van der Waals surface area contributed by atoms with E-state index in [9.17, 15) is 0 Å². The van der Waals surface area contributed by atoms with Gasteiger partial charge in [0.05, 0.1) is 0 Å². The van der Waals surface area contributed by atoms with E-state index in [0.29, 0.717) is 12.6 Å². The van der Waals surface area contributed by atoms with Crippen LogP contribution in [0.2, 0.25) is 0 Å². The molecule has 1 rings (SSSR count). The Bertz CT molecular complexity index is 312. The Morgan fingerprint density at radius 1 is 1.38 bits per heavy atom. The number of hydrogen-bond acceptors (Lipinski definition) is 4. The van der Waals surface area contributed by atoms with Crippen LogP contribution in [0.4, 0.5) is 5.00 Å². The standard InChI is InChI=1S/C12H21NO2S/c1-6-14-10(4)15-11-7-8-16-12(11)13(5)9(2)3/h7-10H,6H2,1-5H3. The minimum absolute atomic E-state index is 0.195. The van der Waals surface area contributed by atoms with Crippen LogP contribution in [0.3, 0.4) is 0 Å². The fourth-order valence-corrected chi connectivity index (χ4v) is 2.25. The molecule has 0 bridgehead atoms. The lowest BCUT2D eigenvalue weighted by atomic mass is 10.3. The average Bonchev–Trinajstić information content (AvgIpc) is 2.64. The van der Waals surface area contributed by atoms with Crippen LogP contribution in [0.5, 0.6) is 5.75 Å². The summed E-state index contributed by atoms with van der Waals surface area (Å²) in [6, 6.07) is 2.46. The van der Waals surface area contributed by atoms with Crippen molar-refractivity contribution in [2.45, 2.75) is 40.0 Å². The lowest BCUT2D eigenvalue weighted by Gasteiger charge is -2.24. The van der Waals surface area contributed by atoms with Crippen LogP contribution in [0.1, 0.15) is 27.7 Å². The van der Waals surface area contributed by atoms with Gasteiger partial charge in [-0.25, -0.2) is 0 Å². The summed E-state index contributed by atoms with van der Waals surface area (Å²) >= 11 is 1.69. The van der Waals surface area contributed by atoms with Crippen molar-refractivity contribution in [3.05, 3.63) is 11.4 Å². The highest BCUT2D eigenvalue weighted by atomic mass is 32.1. The first-order chi connectivity index (χ1) is 7.56. The number of thiophene rings is 1. The highest BCUT2D eigenvalue weighted by Gasteiger charge is 2.15. The number of ether oxygens (including phenoxy) is 2. The Hall–Kier alpha value is -0.740. The molecule has 0 aliphatic heterocycles. The summed E-state index contributed by atoms with van der Waals surface area (Å²) in [5.41, 5.74) is 0. The summed E-state index contributed by atoms with van der Waals surface area (Å²) in [5.74, 6) is 0.905. The molecule has 1 heterocycles. The van der Waals surface area contributed by atoms with E-state index in [1.165, 1.54) is 0 Å². The number of rotatable bonds is 6. The molecule has 0 aliphatic carbocycles. The molecule has 0 spiro atoms. The van der Waals surface area contributed by atoms with Gasteiger partial charge in [-0.3, -0.25) is 0 Å². The van der Waals surface area contributed by atoms with E-state index < -0.39 is 0 Å². The van der Waals surface area contributed by atoms with Gasteiger partial charge in [0.1, 0.15) is 5.00 Å². The Kier molecular flexibility index (Phi) is 5.09. The zero-order chi connectivity index (χ0) is 12.1. The van der Waals surface area contributed by atoms with Crippen molar-refractivity contribution in [2.75, 3.05) is 18.6 Å². The number of nitrogens with zero attached hydrogens (tertiary/aromatic N) is 1. The molecule has 1 aromatic rings. The first kappa shape index (κ1) is 13.3. The zero-order valence-electron chi connectivity index (χ0n) is 10.7. The van der Waals surface area contributed by atoms with Gasteiger partial charge in [-0.15, -0.1) is 11.3 Å². The van der Waals surface area contributed by atoms with E-state index in [1.54, 1.807) is 11.3 Å². The van der Waals surface area contributed by atoms with Crippen LogP contribution < -0.4 is 9.64 Å². The predicted molar refractivity (Wildman–Crippen MR) is 69.6 cm³/mol. The Balaban J connectivity index is 2.70. The zero-order valence-corrected chi connectivity index (χ0v) is 11.5. The minimum atomic E-state index is -0.195. The normalized spacial score (nSPS) is 12.9. The van der Waals surface area contributed by atoms with Crippen molar-refractivity contribution >= 4 is 16.3 Å². The first-order valence-electron chi connectivity index (χ1n) is 5.64. The topological polar surface area (TPSA) is 21.7 Å². The second kappa shape index (κ2) is 6.11. The molecule has 1 atom stereocenters. The maximum absolute atomic E-state index is 5.74. The summed E-state index contributed by atoms with van der Waals surface area (Å²) in [5, 5.41) is 3.20. The molecule has 0 aliphatic rings. The summed E-state index contributed by atoms with van der Waals surface area (Å²) < 4.78 is 11.1. The van der Waals surface area contributed by atoms with Crippen LogP contribution in [0.25, 0.3) is 0 Å². The predicted octanol–water partition coefficient (Wildman–Crippen LogP) is 3.35. The SMILES string of the molecule is CCOC(C)Oc1ccsc1N(C)C(C)C. The maximum Gasteiger partial charge on any atom is 0.197 e. The lowest BCUT2D eigenvalue weighted by molar-refractivity contribution is -0.0608. The van der Waals surface area contributed by atoms with Gasteiger partial charge >= 0.3 is 0 Å². The monoisotopic (exact) mass is 243 g/mol. The van der Waals surface area contributed by atoms with Crippen LogP contribution in [-0.2, 0) is 4.74 Å². The van der Waals surface area contributed by atoms with E-state index >= 15 is 0 Å². The smallest absolute Gasteiger partial charge is 0.197 e. The van der Waals surface area contributed by atoms with Gasteiger partial charge in [-0.2, -0.15) is 0 Å². The molecule has 16 heavy (non-hydrogen) atoms. The molecule has 0 amide bonds. The molecular weight excluding hydrogens is 222 g/mol. The molecule has 4 heteroatoms. The van der Waals surface area contributed by atoms with Crippen LogP contribution in [-0.4, -0.2) is 26.0 Å². The molecule has 0 N–H and O–H groups in total. The van der Waals surface area contributed by atoms with Crippen molar-refractivity contribution in [1.82, 2.24) is 0 Å². The van der Waals surface area contributed by atoms with Crippen LogP contribution in [0.15, 0.2) is 11.4 Å². The van der Waals surface area contributed by atoms with E-state index in [0.717, 1.165) is 10.8 Å². The second-order valence-corrected chi connectivity index (χ2v) is 4.83.